The summed E-state index contributed by atoms with van der Waals surface area (Å²) >= 11 is 0. The summed E-state index contributed by atoms with van der Waals surface area (Å²) < 4.78 is 41.2. The monoisotopic (exact) mass is 375 g/mol. The lowest BCUT2D eigenvalue weighted by atomic mass is 10.1. The number of halogens is 3. The topological polar surface area (TPSA) is 66.9 Å². The van der Waals surface area contributed by atoms with Crippen molar-refractivity contribution in [2.24, 2.45) is 0 Å². The van der Waals surface area contributed by atoms with Crippen molar-refractivity contribution in [1.29, 1.82) is 0 Å². The van der Waals surface area contributed by atoms with E-state index in [-0.39, 0.29) is 11.3 Å². The molecule has 140 valence electrons. The van der Waals surface area contributed by atoms with Crippen molar-refractivity contribution in [3.63, 3.8) is 0 Å². The van der Waals surface area contributed by atoms with Gasteiger partial charge in [-0.05, 0) is 24.6 Å². The first-order valence-corrected chi connectivity index (χ1v) is 8.07. The molecule has 1 unspecified atom stereocenters. The van der Waals surface area contributed by atoms with Gasteiger partial charge in [0, 0.05) is 6.07 Å². The zero-order chi connectivity index (χ0) is 19.6. The van der Waals surface area contributed by atoms with E-state index in [2.05, 4.69) is 5.10 Å². The fourth-order valence-corrected chi connectivity index (χ4v) is 2.61. The van der Waals surface area contributed by atoms with Gasteiger partial charge >= 0.3 is 6.18 Å². The van der Waals surface area contributed by atoms with E-state index in [1.54, 1.807) is 30.3 Å². The van der Waals surface area contributed by atoms with Gasteiger partial charge in [-0.15, -0.1) is 0 Å². The molecule has 3 aromatic rings. The van der Waals surface area contributed by atoms with Crippen LogP contribution in [0.15, 0.2) is 65.5 Å². The van der Waals surface area contributed by atoms with Crippen LogP contribution in [0.4, 0.5) is 13.2 Å². The summed E-state index contributed by atoms with van der Waals surface area (Å²) in [7, 11) is 0. The van der Waals surface area contributed by atoms with Crippen LogP contribution in [-0.2, 0) is 0 Å². The minimum absolute atomic E-state index is 0.0985. The van der Waals surface area contributed by atoms with Gasteiger partial charge in [0.05, 0.1) is 5.69 Å². The van der Waals surface area contributed by atoms with E-state index in [0.29, 0.717) is 5.69 Å². The summed E-state index contributed by atoms with van der Waals surface area (Å²) in [5.74, 6) is -1.02. The zero-order valence-electron chi connectivity index (χ0n) is 14.2. The molecule has 1 aromatic heterocycles. The lowest BCUT2D eigenvalue weighted by Gasteiger charge is -2.21. The Hall–Kier alpha value is -3.29. The van der Waals surface area contributed by atoms with Crippen molar-refractivity contribution in [1.82, 2.24) is 15.1 Å². The lowest BCUT2D eigenvalue weighted by Crippen LogP contribution is -2.38. The first-order chi connectivity index (χ1) is 12.8. The second kappa shape index (κ2) is 7.14. The molecule has 0 bridgehead atoms. The van der Waals surface area contributed by atoms with Crippen molar-refractivity contribution in [2.75, 3.05) is 0 Å². The second-order valence-electron chi connectivity index (χ2n) is 6.04. The molecule has 0 fully saturated rings. The third-order valence-electron chi connectivity index (χ3n) is 3.99. The third-order valence-corrected chi connectivity index (χ3v) is 3.99. The molecular weight excluding hydrogens is 359 g/mol. The van der Waals surface area contributed by atoms with Gasteiger partial charge in [0.25, 0.3) is 11.5 Å². The van der Waals surface area contributed by atoms with Crippen LogP contribution < -0.4 is 10.9 Å². The van der Waals surface area contributed by atoms with Gasteiger partial charge in [0.1, 0.15) is 5.69 Å². The fourth-order valence-electron chi connectivity index (χ4n) is 2.61. The van der Waals surface area contributed by atoms with Gasteiger partial charge in [-0.2, -0.15) is 13.2 Å². The largest absolute Gasteiger partial charge is 0.412 e. The van der Waals surface area contributed by atoms with Gasteiger partial charge in [-0.25, -0.2) is 4.68 Å². The average molecular weight is 375 g/mol. The van der Waals surface area contributed by atoms with Crippen molar-refractivity contribution < 1.29 is 18.0 Å². The molecule has 0 saturated heterocycles. The normalized spacial score (nSPS) is 12.6. The Bertz CT molecular complexity index is 990. The van der Waals surface area contributed by atoms with Crippen molar-refractivity contribution in [3.8, 4) is 5.69 Å². The van der Waals surface area contributed by atoms with Crippen LogP contribution >= 0.6 is 0 Å². The molecule has 5 nitrogen and oxygen atoms in total. The molecule has 0 aliphatic carbocycles. The van der Waals surface area contributed by atoms with Crippen LogP contribution in [-0.4, -0.2) is 21.9 Å². The molecule has 0 saturated carbocycles. The van der Waals surface area contributed by atoms with Crippen molar-refractivity contribution in [2.45, 2.75) is 19.1 Å². The number of nitrogens with one attached hydrogen (secondary N) is 2. The molecule has 0 spiro atoms. The van der Waals surface area contributed by atoms with Gasteiger partial charge in [0.15, 0.2) is 6.04 Å². The summed E-state index contributed by atoms with van der Waals surface area (Å²) in [5.41, 5.74) is 0.545. The molecule has 3 rings (SSSR count). The second-order valence-corrected chi connectivity index (χ2v) is 6.04. The van der Waals surface area contributed by atoms with Crippen LogP contribution in [0.5, 0.6) is 0 Å². The van der Waals surface area contributed by atoms with E-state index < -0.39 is 23.7 Å². The smallest absolute Gasteiger partial charge is 0.335 e. The van der Waals surface area contributed by atoms with Gasteiger partial charge in [-0.3, -0.25) is 14.7 Å². The highest BCUT2D eigenvalue weighted by molar-refractivity contribution is 5.92. The Morgan fingerprint density at radius 3 is 2.30 bits per heavy atom. The Morgan fingerprint density at radius 1 is 1.07 bits per heavy atom. The number of carbonyl (C=O) groups excluding carboxylic acids is 1. The first kappa shape index (κ1) is 18.5. The van der Waals surface area contributed by atoms with E-state index in [1.165, 1.54) is 24.3 Å². The summed E-state index contributed by atoms with van der Waals surface area (Å²) in [6, 6.07) is 12.7. The third kappa shape index (κ3) is 4.11. The minimum Gasteiger partial charge on any atom is -0.335 e. The Labute approximate surface area is 152 Å². The number of amides is 1. The summed E-state index contributed by atoms with van der Waals surface area (Å²) in [6.07, 6.45) is -4.68. The zero-order valence-corrected chi connectivity index (χ0v) is 14.2. The molecule has 8 heteroatoms. The number of aromatic nitrogens is 2. The maximum absolute atomic E-state index is 13.4. The van der Waals surface area contributed by atoms with E-state index >= 15 is 0 Å². The Balaban J connectivity index is 1.88. The van der Waals surface area contributed by atoms with E-state index in [4.69, 9.17) is 0 Å². The number of carbonyl (C=O) groups is 1. The summed E-state index contributed by atoms with van der Waals surface area (Å²) in [4.78, 5) is 24.4. The molecular formula is C19H16F3N3O2. The van der Waals surface area contributed by atoms with Crippen molar-refractivity contribution in [3.05, 3.63) is 87.8 Å². The number of hydrogen-bond acceptors (Lipinski definition) is 2. The molecule has 1 heterocycles. The predicted octanol–water partition coefficient (Wildman–Crippen LogP) is 3.51. The van der Waals surface area contributed by atoms with Crippen LogP contribution in [0.1, 0.15) is 27.7 Å². The number of aromatic amines is 1. The standard InChI is InChI=1S/C19H16F3N3O2/c1-12-7-9-14(10-8-12)25-16(26)11-15(24-25)18(27)23-17(19(20,21)22)13-5-3-2-4-6-13/h2-11,17,24H,1H3,(H,23,27). The molecule has 1 atom stereocenters. The van der Waals surface area contributed by atoms with E-state index in [0.717, 1.165) is 16.3 Å². The van der Waals surface area contributed by atoms with Crippen molar-refractivity contribution >= 4 is 5.91 Å². The van der Waals surface area contributed by atoms with Gasteiger partial charge < -0.3 is 5.32 Å². The van der Waals surface area contributed by atoms with Gasteiger partial charge in [0.2, 0.25) is 0 Å². The molecule has 0 radical (unpaired) electrons. The Kier molecular flexibility index (Phi) is 4.89. The molecule has 0 aliphatic rings. The Morgan fingerprint density at radius 2 is 1.70 bits per heavy atom. The number of alkyl halides is 3. The average Bonchev–Trinajstić information content (AvgIpc) is 3.02. The van der Waals surface area contributed by atoms with Crippen LogP contribution in [0.2, 0.25) is 0 Å². The number of H-pyrrole nitrogens is 1. The highest BCUT2D eigenvalue weighted by Crippen LogP contribution is 2.32. The van der Waals surface area contributed by atoms with Crippen LogP contribution in [0.25, 0.3) is 5.69 Å². The molecule has 0 aliphatic heterocycles. The van der Waals surface area contributed by atoms with Gasteiger partial charge in [-0.1, -0.05) is 48.0 Å². The molecule has 2 aromatic carbocycles. The number of aryl methyl sites for hydroxylation is 1. The maximum Gasteiger partial charge on any atom is 0.412 e. The fraction of sp³-hybridized carbons (Fsp3) is 0.158. The summed E-state index contributed by atoms with van der Waals surface area (Å²) in [5, 5.41) is 4.49. The predicted molar refractivity (Wildman–Crippen MR) is 93.8 cm³/mol. The number of benzene rings is 2. The molecule has 27 heavy (non-hydrogen) atoms. The number of nitrogens with zero attached hydrogens (tertiary/aromatic N) is 1. The maximum atomic E-state index is 13.4. The highest BCUT2D eigenvalue weighted by atomic mass is 19.4. The lowest BCUT2D eigenvalue weighted by molar-refractivity contribution is -0.155. The quantitative estimate of drug-likeness (QED) is 0.733. The molecule has 2 N–H and O–H groups in total. The van der Waals surface area contributed by atoms with E-state index in [1.807, 2.05) is 12.2 Å². The van der Waals surface area contributed by atoms with E-state index in [9.17, 15) is 22.8 Å². The summed E-state index contributed by atoms with van der Waals surface area (Å²) in [6.45, 7) is 1.88. The highest BCUT2D eigenvalue weighted by Gasteiger charge is 2.42. The SMILES string of the molecule is Cc1ccc(-n2[nH]c(C(=O)NC(c3ccccc3)C(F)(F)F)cc2=O)cc1. The number of hydrogen-bond donors (Lipinski definition) is 2. The van der Waals surface area contributed by atoms with Crippen LogP contribution in [0, 0.1) is 6.92 Å². The first-order valence-electron chi connectivity index (χ1n) is 8.07. The van der Waals surface area contributed by atoms with Crippen LogP contribution in [0.3, 0.4) is 0 Å². The number of rotatable bonds is 4. The minimum atomic E-state index is -4.68. The molecule has 1 amide bonds.